The van der Waals surface area contributed by atoms with E-state index in [0.717, 1.165) is 42.1 Å². The van der Waals surface area contributed by atoms with E-state index < -0.39 is 0 Å². The molecule has 4 heteroatoms. The summed E-state index contributed by atoms with van der Waals surface area (Å²) in [5.41, 5.74) is 1.24. The normalized spacial score (nSPS) is 10.5. The quantitative estimate of drug-likeness (QED) is 0.739. The molecule has 0 fully saturated rings. The van der Waals surface area contributed by atoms with Crippen LogP contribution in [0.4, 0.5) is 0 Å². The number of nitrogens with one attached hydrogen (secondary N) is 1. The van der Waals surface area contributed by atoms with Crippen LogP contribution in [-0.2, 0) is 6.54 Å². The first kappa shape index (κ1) is 14.9. The smallest absolute Gasteiger partial charge is 0.119 e. The first-order valence-electron chi connectivity index (χ1n) is 5.88. The predicted octanol–water partition coefficient (Wildman–Crippen LogP) is 3.69. The second-order valence-electron chi connectivity index (χ2n) is 3.73. The predicted molar refractivity (Wildman–Crippen MR) is 80.0 cm³/mol. The van der Waals surface area contributed by atoms with Gasteiger partial charge in [-0.05, 0) is 48.7 Å². The second kappa shape index (κ2) is 8.84. The molecule has 0 spiro atoms. The molecule has 2 nitrogen and oxygen atoms in total. The minimum absolute atomic E-state index is 0.795. The van der Waals surface area contributed by atoms with Gasteiger partial charge < -0.3 is 10.1 Å². The summed E-state index contributed by atoms with van der Waals surface area (Å²) >= 11 is 5.41. The van der Waals surface area contributed by atoms with Gasteiger partial charge >= 0.3 is 0 Å². The van der Waals surface area contributed by atoms with Gasteiger partial charge in [0.25, 0.3) is 0 Å². The molecule has 1 aromatic carbocycles. The van der Waals surface area contributed by atoms with Crippen LogP contribution >= 0.6 is 27.7 Å². The van der Waals surface area contributed by atoms with Crippen LogP contribution in [0.5, 0.6) is 5.75 Å². The summed E-state index contributed by atoms with van der Waals surface area (Å²) in [6, 6.07) is 6.17. The first-order chi connectivity index (χ1) is 8.27. The van der Waals surface area contributed by atoms with E-state index in [1.54, 1.807) is 0 Å². The fraction of sp³-hybridized carbons (Fsp3) is 0.538. The summed E-state index contributed by atoms with van der Waals surface area (Å²) in [5.74, 6) is 2.11. The van der Waals surface area contributed by atoms with Gasteiger partial charge in [-0.15, -0.1) is 0 Å². The molecule has 0 aliphatic rings. The van der Waals surface area contributed by atoms with Crippen molar-refractivity contribution in [3.05, 3.63) is 28.2 Å². The van der Waals surface area contributed by atoms with Gasteiger partial charge in [0.15, 0.2) is 0 Å². The number of ether oxygens (including phenoxy) is 1. The average molecular weight is 318 g/mol. The second-order valence-corrected chi connectivity index (χ2v) is 5.57. The van der Waals surface area contributed by atoms with Crippen molar-refractivity contribution in [2.45, 2.75) is 19.9 Å². The molecule has 96 valence electrons. The minimum atomic E-state index is 0.795. The molecule has 0 aromatic heterocycles. The molecule has 0 heterocycles. The Labute approximate surface area is 117 Å². The summed E-state index contributed by atoms with van der Waals surface area (Å²) in [6.07, 6.45) is 3.22. The van der Waals surface area contributed by atoms with Gasteiger partial charge in [-0.25, -0.2) is 0 Å². The number of benzene rings is 1. The molecule has 0 atom stereocenters. The van der Waals surface area contributed by atoms with E-state index in [1.807, 2.05) is 17.8 Å². The van der Waals surface area contributed by atoms with Gasteiger partial charge in [0.2, 0.25) is 0 Å². The molecule has 0 saturated heterocycles. The van der Waals surface area contributed by atoms with E-state index in [2.05, 4.69) is 46.6 Å². The van der Waals surface area contributed by atoms with Crippen LogP contribution in [-0.4, -0.2) is 25.2 Å². The Kier molecular flexibility index (Phi) is 7.73. The molecule has 0 amide bonds. The highest BCUT2D eigenvalue weighted by molar-refractivity contribution is 9.10. The van der Waals surface area contributed by atoms with Gasteiger partial charge in [-0.3, -0.25) is 0 Å². The van der Waals surface area contributed by atoms with Crippen LogP contribution in [0.25, 0.3) is 0 Å². The maximum atomic E-state index is 5.72. The van der Waals surface area contributed by atoms with E-state index in [1.165, 1.54) is 5.56 Å². The lowest BCUT2D eigenvalue weighted by atomic mass is 10.2. The maximum absolute atomic E-state index is 5.72. The molecule has 0 aliphatic carbocycles. The molecule has 1 N–H and O–H groups in total. The molecule has 0 aliphatic heterocycles. The standard InChI is InChI=1S/C13H20BrNOS/c1-3-15-10-11-9-12(5-6-13(11)14)16-7-4-8-17-2/h5-6,9,15H,3-4,7-8,10H2,1-2H3. The van der Waals surface area contributed by atoms with Crippen molar-refractivity contribution in [2.24, 2.45) is 0 Å². The monoisotopic (exact) mass is 317 g/mol. The first-order valence-corrected chi connectivity index (χ1v) is 8.07. The van der Waals surface area contributed by atoms with E-state index in [4.69, 9.17) is 4.74 Å². The minimum Gasteiger partial charge on any atom is -0.494 e. The van der Waals surface area contributed by atoms with Crippen LogP contribution < -0.4 is 10.1 Å². The summed E-state index contributed by atoms with van der Waals surface area (Å²) in [7, 11) is 0. The van der Waals surface area contributed by atoms with Crippen molar-refractivity contribution < 1.29 is 4.74 Å². The third-order valence-corrected chi connectivity index (χ3v) is 3.81. The van der Waals surface area contributed by atoms with Crippen LogP contribution in [0.1, 0.15) is 18.9 Å². The van der Waals surface area contributed by atoms with Crippen molar-refractivity contribution in [3.63, 3.8) is 0 Å². The van der Waals surface area contributed by atoms with Crippen LogP contribution in [0.2, 0.25) is 0 Å². The Balaban J connectivity index is 2.49. The molecule has 0 saturated carbocycles. The number of rotatable bonds is 8. The van der Waals surface area contributed by atoms with E-state index in [9.17, 15) is 0 Å². The highest BCUT2D eigenvalue weighted by Crippen LogP contribution is 2.22. The van der Waals surface area contributed by atoms with Gasteiger partial charge in [0.05, 0.1) is 6.61 Å². The molecule has 0 radical (unpaired) electrons. The molecule has 1 aromatic rings. The fourth-order valence-corrected chi connectivity index (χ4v) is 2.22. The van der Waals surface area contributed by atoms with E-state index in [0.29, 0.717) is 0 Å². The van der Waals surface area contributed by atoms with Crippen LogP contribution in [0.15, 0.2) is 22.7 Å². The topological polar surface area (TPSA) is 21.3 Å². The molecule has 0 bridgehead atoms. The van der Waals surface area contributed by atoms with Crippen molar-refractivity contribution in [3.8, 4) is 5.75 Å². The lowest BCUT2D eigenvalue weighted by Crippen LogP contribution is -2.12. The third kappa shape index (κ3) is 5.80. The third-order valence-electron chi connectivity index (χ3n) is 2.34. The zero-order valence-electron chi connectivity index (χ0n) is 10.5. The van der Waals surface area contributed by atoms with Gasteiger partial charge in [0.1, 0.15) is 5.75 Å². The Hall–Kier alpha value is -0.190. The molecular weight excluding hydrogens is 298 g/mol. The highest BCUT2D eigenvalue weighted by Gasteiger charge is 2.02. The van der Waals surface area contributed by atoms with E-state index in [-0.39, 0.29) is 0 Å². The number of thioether (sulfide) groups is 1. The van der Waals surface area contributed by atoms with Crippen molar-refractivity contribution in [2.75, 3.05) is 25.2 Å². The van der Waals surface area contributed by atoms with Gasteiger partial charge in [-0.1, -0.05) is 22.9 Å². The highest BCUT2D eigenvalue weighted by atomic mass is 79.9. The summed E-state index contributed by atoms with van der Waals surface area (Å²) in [5, 5.41) is 3.32. The molecule has 17 heavy (non-hydrogen) atoms. The largest absolute Gasteiger partial charge is 0.494 e. The average Bonchev–Trinajstić information content (AvgIpc) is 2.35. The Morgan fingerprint density at radius 2 is 2.24 bits per heavy atom. The number of hydrogen-bond acceptors (Lipinski definition) is 3. The summed E-state index contributed by atoms with van der Waals surface area (Å²) in [6.45, 7) is 4.75. The van der Waals surface area contributed by atoms with E-state index >= 15 is 0 Å². The lowest BCUT2D eigenvalue weighted by Gasteiger charge is -2.10. The molecular formula is C13H20BrNOS. The zero-order chi connectivity index (χ0) is 12.5. The zero-order valence-corrected chi connectivity index (χ0v) is 12.9. The van der Waals surface area contributed by atoms with Crippen molar-refractivity contribution in [1.29, 1.82) is 0 Å². The lowest BCUT2D eigenvalue weighted by molar-refractivity contribution is 0.318. The SMILES string of the molecule is CCNCc1cc(OCCCSC)ccc1Br. The van der Waals surface area contributed by atoms with Crippen molar-refractivity contribution >= 4 is 27.7 Å². The maximum Gasteiger partial charge on any atom is 0.119 e. The molecule has 0 unspecified atom stereocenters. The summed E-state index contributed by atoms with van der Waals surface area (Å²) in [4.78, 5) is 0. The Bertz CT molecular complexity index is 333. The molecule has 1 rings (SSSR count). The Morgan fingerprint density at radius 1 is 1.41 bits per heavy atom. The number of halogens is 1. The van der Waals surface area contributed by atoms with Crippen LogP contribution in [0.3, 0.4) is 0 Å². The fourth-order valence-electron chi connectivity index (χ4n) is 1.43. The Morgan fingerprint density at radius 3 is 2.94 bits per heavy atom. The number of hydrogen-bond donors (Lipinski definition) is 1. The van der Waals surface area contributed by atoms with Gasteiger partial charge in [-0.2, -0.15) is 11.8 Å². The summed E-state index contributed by atoms with van der Waals surface area (Å²) < 4.78 is 6.86. The van der Waals surface area contributed by atoms with Gasteiger partial charge in [0, 0.05) is 11.0 Å². The van der Waals surface area contributed by atoms with Crippen molar-refractivity contribution in [1.82, 2.24) is 5.32 Å². The van der Waals surface area contributed by atoms with Crippen LogP contribution in [0, 0.1) is 0 Å².